The van der Waals surface area contributed by atoms with Crippen LogP contribution in [0.25, 0.3) is 21.7 Å². The summed E-state index contributed by atoms with van der Waals surface area (Å²) in [6, 6.07) is 20.9. The van der Waals surface area contributed by atoms with Gasteiger partial charge in [0.05, 0.1) is 0 Å². The molecule has 0 fully saturated rings. The molecule has 0 unspecified atom stereocenters. The second kappa shape index (κ2) is 6.02. The molecule has 0 N–H and O–H groups in total. The largest absolute Gasteiger partial charge is 0.423 e. The van der Waals surface area contributed by atoms with E-state index in [1.807, 2.05) is 49.4 Å². The highest BCUT2D eigenvalue weighted by atomic mass is 16.4. The van der Waals surface area contributed by atoms with Crippen LogP contribution in [0, 0.1) is 6.92 Å². The summed E-state index contributed by atoms with van der Waals surface area (Å²) in [6.07, 6.45) is 0.312. The van der Waals surface area contributed by atoms with Crippen molar-refractivity contribution < 1.29 is 9.21 Å². The van der Waals surface area contributed by atoms with E-state index in [0.717, 1.165) is 27.3 Å². The van der Waals surface area contributed by atoms with Crippen LogP contribution in [0.4, 0.5) is 0 Å². The molecule has 0 amide bonds. The number of ketones is 1. The van der Waals surface area contributed by atoms with E-state index in [0.29, 0.717) is 17.6 Å². The minimum absolute atomic E-state index is 0.00124. The van der Waals surface area contributed by atoms with Crippen LogP contribution in [-0.4, -0.2) is 5.78 Å². The summed E-state index contributed by atoms with van der Waals surface area (Å²) in [4.78, 5) is 24.2. The van der Waals surface area contributed by atoms with Crippen LogP contribution in [0.5, 0.6) is 0 Å². The first-order valence-corrected chi connectivity index (χ1v) is 8.15. The lowest BCUT2D eigenvalue weighted by molar-refractivity contribution is 0.0993. The second-order valence-corrected chi connectivity index (χ2v) is 6.24. The Morgan fingerprint density at radius 3 is 2.56 bits per heavy atom. The second-order valence-electron chi connectivity index (χ2n) is 6.24. The molecule has 25 heavy (non-hydrogen) atoms. The molecular weight excluding hydrogens is 312 g/mol. The fourth-order valence-corrected chi connectivity index (χ4v) is 3.13. The maximum absolute atomic E-state index is 12.6. The van der Waals surface area contributed by atoms with Crippen molar-refractivity contribution in [1.29, 1.82) is 0 Å². The predicted octanol–water partition coefficient (Wildman–Crippen LogP) is 4.68. The molecule has 0 saturated carbocycles. The predicted molar refractivity (Wildman–Crippen MR) is 99.2 cm³/mol. The van der Waals surface area contributed by atoms with Gasteiger partial charge < -0.3 is 4.42 Å². The van der Waals surface area contributed by atoms with Gasteiger partial charge in [-0.05, 0) is 34.9 Å². The van der Waals surface area contributed by atoms with Crippen molar-refractivity contribution in [3.63, 3.8) is 0 Å². The van der Waals surface area contributed by atoms with Crippen molar-refractivity contribution in [2.75, 3.05) is 0 Å². The Morgan fingerprint density at radius 1 is 0.920 bits per heavy atom. The fourth-order valence-electron chi connectivity index (χ4n) is 3.13. The molecule has 0 bridgehead atoms. The summed E-state index contributed by atoms with van der Waals surface area (Å²) in [5, 5.41) is 3.12. The van der Waals surface area contributed by atoms with Gasteiger partial charge in [0, 0.05) is 23.4 Å². The number of carbonyl (C=O) groups excluding carboxylic acids is 1. The smallest absolute Gasteiger partial charge is 0.336 e. The molecule has 3 aromatic carbocycles. The average Bonchev–Trinajstić information content (AvgIpc) is 2.61. The molecule has 3 heteroatoms. The number of aryl methyl sites for hydroxylation is 1. The van der Waals surface area contributed by atoms with Gasteiger partial charge in [0.15, 0.2) is 5.78 Å². The van der Waals surface area contributed by atoms with Crippen LogP contribution in [-0.2, 0) is 6.42 Å². The summed E-state index contributed by atoms with van der Waals surface area (Å²) in [5.41, 5.74) is 2.42. The molecule has 1 heterocycles. The van der Waals surface area contributed by atoms with Gasteiger partial charge in [-0.15, -0.1) is 0 Å². The van der Waals surface area contributed by atoms with Crippen molar-refractivity contribution in [2.45, 2.75) is 13.3 Å². The van der Waals surface area contributed by atoms with E-state index in [4.69, 9.17) is 4.42 Å². The summed E-state index contributed by atoms with van der Waals surface area (Å²) in [6.45, 7) is 1.86. The monoisotopic (exact) mass is 328 g/mol. The highest BCUT2D eigenvalue weighted by Gasteiger charge is 2.10. The first-order chi connectivity index (χ1) is 12.1. The zero-order valence-electron chi connectivity index (χ0n) is 13.8. The Labute approximate surface area is 144 Å². The molecular formula is C22H16O3. The van der Waals surface area contributed by atoms with E-state index in [1.54, 1.807) is 12.1 Å². The average molecular weight is 328 g/mol. The van der Waals surface area contributed by atoms with Crippen molar-refractivity contribution in [1.82, 2.24) is 0 Å². The third-order valence-corrected chi connectivity index (χ3v) is 4.45. The Hall–Kier alpha value is -3.20. The molecule has 122 valence electrons. The van der Waals surface area contributed by atoms with Gasteiger partial charge in [-0.2, -0.15) is 0 Å². The number of hydrogen-bond acceptors (Lipinski definition) is 3. The van der Waals surface area contributed by atoms with Crippen LogP contribution < -0.4 is 5.63 Å². The van der Waals surface area contributed by atoms with Crippen LogP contribution in [0.15, 0.2) is 75.9 Å². The summed E-state index contributed by atoms with van der Waals surface area (Å²) >= 11 is 0. The molecule has 4 aromatic rings. The highest BCUT2D eigenvalue weighted by Crippen LogP contribution is 2.20. The van der Waals surface area contributed by atoms with Crippen LogP contribution in [0.2, 0.25) is 0 Å². The van der Waals surface area contributed by atoms with E-state index < -0.39 is 5.63 Å². The van der Waals surface area contributed by atoms with Crippen molar-refractivity contribution in [2.24, 2.45) is 0 Å². The van der Waals surface area contributed by atoms with Gasteiger partial charge in [-0.25, -0.2) is 4.79 Å². The molecule has 1 aromatic heterocycles. The number of benzene rings is 3. The zero-order valence-corrected chi connectivity index (χ0v) is 13.8. The number of rotatable bonds is 3. The summed E-state index contributed by atoms with van der Waals surface area (Å²) in [5.74, 6) is 0.00124. The first-order valence-electron chi connectivity index (χ1n) is 8.15. The molecule has 0 aliphatic carbocycles. The molecule has 0 saturated heterocycles. The zero-order chi connectivity index (χ0) is 17.4. The molecule has 3 nitrogen and oxygen atoms in total. The molecule has 0 atom stereocenters. The lowest BCUT2D eigenvalue weighted by atomic mass is 9.99. The van der Waals surface area contributed by atoms with E-state index in [-0.39, 0.29) is 5.78 Å². The van der Waals surface area contributed by atoms with Gasteiger partial charge >= 0.3 is 5.63 Å². The maximum Gasteiger partial charge on any atom is 0.336 e. The van der Waals surface area contributed by atoms with Crippen molar-refractivity contribution in [3.05, 3.63) is 93.8 Å². The molecule has 0 aliphatic heterocycles. The standard InChI is InChI=1S/C22H16O3/c1-14-10-22(24)25-21-13-18(8-9-19(14)21)20(23)12-15-6-7-16-4-2-3-5-17(16)11-15/h2-11,13H,12H2,1H3. The third kappa shape index (κ3) is 2.96. The lowest BCUT2D eigenvalue weighted by Gasteiger charge is -2.06. The Balaban J connectivity index is 1.67. The minimum Gasteiger partial charge on any atom is -0.423 e. The first kappa shape index (κ1) is 15.3. The number of Topliss-reactive ketones (excluding diaryl/α,β-unsaturated/α-hetero) is 1. The van der Waals surface area contributed by atoms with Crippen LogP contribution >= 0.6 is 0 Å². The SMILES string of the molecule is Cc1cc(=O)oc2cc(C(=O)Cc3ccc4ccccc4c3)ccc12. The van der Waals surface area contributed by atoms with Gasteiger partial charge in [-0.1, -0.05) is 54.6 Å². The van der Waals surface area contributed by atoms with Gasteiger partial charge in [0.25, 0.3) is 0 Å². The quantitative estimate of drug-likeness (QED) is 0.405. The Kier molecular flexibility index (Phi) is 3.69. The van der Waals surface area contributed by atoms with Gasteiger partial charge in [-0.3, -0.25) is 4.79 Å². The maximum atomic E-state index is 12.6. The number of carbonyl (C=O) groups is 1. The van der Waals surface area contributed by atoms with E-state index >= 15 is 0 Å². The van der Waals surface area contributed by atoms with Crippen molar-refractivity contribution in [3.8, 4) is 0 Å². The van der Waals surface area contributed by atoms with Gasteiger partial charge in [0.1, 0.15) is 5.58 Å². The highest BCUT2D eigenvalue weighted by molar-refractivity contribution is 6.00. The molecule has 0 radical (unpaired) electrons. The van der Waals surface area contributed by atoms with Gasteiger partial charge in [0.2, 0.25) is 0 Å². The molecule has 4 rings (SSSR count). The van der Waals surface area contributed by atoms with Crippen molar-refractivity contribution >= 4 is 27.5 Å². The summed E-state index contributed by atoms with van der Waals surface area (Å²) < 4.78 is 5.23. The normalized spacial score (nSPS) is 11.1. The topological polar surface area (TPSA) is 47.3 Å². The Bertz CT molecular complexity index is 1170. The molecule has 0 aliphatic rings. The lowest BCUT2D eigenvalue weighted by Crippen LogP contribution is -2.04. The fraction of sp³-hybridized carbons (Fsp3) is 0.0909. The third-order valence-electron chi connectivity index (χ3n) is 4.45. The van der Waals surface area contributed by atoms with Crippen LogP contribution in [0.1, 0.15) is 21.5 Å². The molecule has 0 spiro atoms. The minimum atomic E-state index is -0.399. The van der Waals surface area contributed by atoms with E-state index in [1.165, 1.54) is 6.07 Å². The number of hydrogen-bond donors (Lipinski definition) is 0. The van der Waals surface area contributed by atoms with E-state index in [2.05, 4.69) is 6.07 Å². The van der Waals surface area contributed by atoms with Crippen LogP contribution in [0.3, 0.4) is 0 Å². The number of fused-ring (bicyclic) bond motifs is 2. The Morgan fingerprint density at radius 2 is 1.72 bits per heavy atom. The van der Waals surface area contributed by atoms with E-state index in [9.17, 15) is 9.59 Å². The summed E-state index contributed by atoms with van der Waals surface area (Å²) in [7, 11) is 0.